The summed E-state index contributed by atoms with van der Waals surface area (Å²) in [7, 11) is -10.0. The molecule has 0 amide bonds. The van der Waals surface area contributed by atoms with Crippen molar-refractivity contribution in [2.45, 2.75) is 316 Å². The van der Waals surface area contributed by atoms with E-state index in [0.29, 0.717) is 32.1 Å². The van der Waals surface area contributed by atoms with E-state index in [2.05, 4.69) is 186 Å². The number of hydrogen-bond acceptors (Lipinski definition) is 15. The Labute approximate surface area is 642 Å². The molecule has 0 rings (SSSR count). The summed E-state index contributed by atoms with van der Waals surface area (Å²) < 4.78 is 68.5. The van der Waals surface area contributed by atoms with Crippen LogP contribution >= 0.6 is 15.6 Å². The third-order valence-electron chi connectivity index (χ3n) is 16.1. The summed E-state index contributed by atoms with van der Waals surface area (Å²) in [6.07, 6.45) is 91.9. The molecule has 0 heterocycles. The number of allylic oxidation sites excluding steroid dienone is 28. The van der Waals surface area contributed by atoms with Gasteiger partial charge in [-0.3, -0.25) is 37.3 Å². The molecular weight excluding hydrogens is 1380 g/mol. The summed E-state index contributed by atoms with van der Waals surface area (Å²) in [6, 6.07) is 0. The van der Waals surface area contributed by atoms with E-state index in [9.17, 15) is 43.2 Å². The molecule has 0 aromatic carbocycles. The lowest BCUT2D eigenvalue weighted by Crippen LogP contribution is -2.30. The Bertz CT molecular complexity index is 2680. The number of esters is 4. The van der Waals surface area contributed by atoms with Gasteiger partial charge in [0.05, 0.1) is 26.4 Å². The number of ether oxygens (including phenoxy) is 4. The Kier molecular flexibility index (Phi) is 73.5. The number of carbonyl (C=O) groups is 4. The third kappa shape index (κ3) is 76.6. The van der Waals surface area contributed by atoms with Gasteiger partial charge in [0.1, 0.15) is 19.3 Å². The summed E-state index contributed by atoms with van der Waals surface area (Å²) in [4.78, 5) is 73.1. The number of rotatable bonds is 74. The first-order chi connectivity index (χ1) is 51.7. The Morgan fingerprint density at radius 2 is 0.500 bits per heavy atom. The first-order valence-corrected chi connectivity index (χ1v) is 43.4. The molecule has 0 saturated heterocycles. The number of unbranched alkanes of at least 4 members (excludes halogenated alkanes) is 20. The Morgan fingerprint density at radius 3 is 0.802 bits per heavy atom. The van der Waals surface area contributed by atoms with Crippen LogP contribution in [0, 0.1) is 0 Å². The van der Waals surface area contributed by atoms with Crippen molar-refractivity contribution in [2.75, 3.05) is 39.6 Å². The Balaban J connectivity index is 5.48. The van der Waals surface area contributed by atoms with Crippen LogP contribution in [0.1, 0.15) is 297 Å². The number of hydrogen-bond donors (Lipinski definition) is 3. The number of phosphoric ester groups is 2. The van der Waals surface area contributed by atoms with Gasteiger partial charge in [-0.1, -0.05) is 268 Å². The fourth-order valence-corrected chi connectivity index (χ4v) is 11.6. The molecule has 3 N–H and O–H groups in total. The van der Waals surface area contributed by atoms with Crippen molar-refractivity contribution in [3.8, 4) is 0 Å². The quantitative estimate of drug-likeness (QED) is 0.0169. The van der Waals surface area contributed by atoms with Crippen LogP contribution in [0.15, 0.2) is 170 Å². The minimum Gasteiger partial charge on any atom is -0.462 e. The van der Waals surface area contributed by atoms with Crippen LogP contribution in [0.2, 0.25) is 0 Å². The zero-order valence-corrected chi connectivity index (χ0v) is 67.6. The van der Waals surface area contributed by atoms with Crippen molar-refractivity contribution < 1.29 is 80.2 Å². The van der Waals surface area contributed by atoms with E-state index in [-0.39, 0.29) is 25.7 Å². The highest BCUT2D eigenvalue weighted by Gasteiger charge is 2.30. The van der Waals surface area contributed by atoms with E-state index in [1.54, 1.807) is 0 Å². The van der Waals surface area contributed by atoms with Crippen LogP contribution in [0.3, 0.4) is 0 Å². The van der Waals surface area contributed by atoms with E-state index in [1.165, 1.54) is 38.5 Å². The number of aliphatic hydroxyl groups excluding tert-OH is 1. The number of phosphoric acid groups is 2. The van der Waals surface area contributed by atoms with Gasteiger partial charge in [0.25, 0.3) is 0 Å². The molecule has 0 spiro atoms. The summed E-state index contributed by atoms with van der Waals surface area (Å²) in [6.45, 7) is 4.45. The van der Waals surface area contributed by atoms with Gasteiger partial charge in [-0.2, -0.15) is 0 Å². The maximum absolute atomic E-state index is 13.1. The molecule has 0 aliphatic rings. The molecule has 19 heteroatoms. The molecule has 0 aromatic heterocycles. The highest BCUT2D eigenvalue weighted by molar-refractivity contribution is 7.47. The fourth-order valence-electron chi connectivity index (χ4n) is 10.0. The van der Waals surface area contributed by atoms with Crippen LogP contribution in [-0.2, 0) is 65.4 Å². The lowest BCUT2D eigenvalue weighted by Gasteiger charge is -2.21. The van der Waals surface area contributed by atoms with E-state index in [0.717, 1.165) is 173 Å². The molecule has 0 saturated carbocycles. The second kappa shape index (κ2) is 77.6. The third-order valence-corrected chi connectivity index (χ3v) is 18.0. The molecule has 5 unspecified atom stereocenters. The number of aliphatic hydroxyl groups is 1. The molecule has 5 atom stereocenters. The SMILES string of the molecule is CC/C=C\C/C=C\C/C=C\C/C=C\C/C=C\CCCCCC(=O)OCC(COP(=O)(O)OCC(O)COP(=O)(O)OCC(COC(=O)CCC/C=C\C/C=C\C/C=C\C/C=C\C/C=C\CC)OC(=O)CCCCCCC/C=C\C/C=C\CCCCC)OC(=O)CCCCCCC/C=C\C/C=C\CCCCC. The standard InChI is InChI=1S/C87H142O17P2/c1-5-9-13-17-21-25-29-33-37-39-40-42-46-48-52-56-60-64-68-72-85(90)98-78-83(104-87(92)74-70-66-62-58-54-50-44-36-32-28-24-20-16-12-8-4)80-102-106(95,96)100-76-81(88)75-99-105(93,94)101-79-82(103-86(91)73-69-65-61-57-53-49-43-35-31-27-23-19-15-11-7-3)77-97-84(89)71-67-63-59-55-51-47-45-41-38-34-30-26-22-18-14-10-6-2/h9-10,13-14,21-28,33-38,40,42-45,47-48,52,55,59,81-83,88H,5-8,11-12,15-20,29-32,39,41,46,49-51,53-54,56-58,60-80H2,1-4H3,(H,93,94)(H,95,96)/b13-9-,14-10-,25-21-,26-22-,27-23-,28-24-,37-33-,38-34-,42-40-,43-35-,44-36-,47-45-,52-48-,59-55-. The molecule has 0 radical (unpaired) electrons. The van der Waals surface area contributed by atoms with Crippen molar-refractivity contribution >= 4 is 39.5 Å². The van der Waals surface area contributed by atoms with Crippen molar-refractivity contribution in [1.29, 1.82) is 0 Å². The molecule has 0 aliphatic heterocycles. The molecule has 0 aliphatic carbocycles. The van der Waals surface area contributed by atoms with Crippen LogP contribution in [-0.4, -0.2) is 96.7 Å². The molecule has 602 valence electrons. The highest BCUT2D eigenvalue weighted by atomic mass is 31.2. The van der Waals surface area contributed by atoms with E-state index < -0.39 is 97.5 Å². The zero-order valence-electron chi connectivity index (χ0n) is 65.8. The Morgan fingerprint density at radius 1 is 0.274 bits per heavy atom. The first-order valence-electron chi connectivity index (χ1n) is 40.4. The molecule has 0 aromatic rings. The zero-order chi connectivity index (χ0) is 77.4. The van der Waals surface area contributed by atoms with Gasteiger partial charge < -0.3 is 33.8 Å². The lowest BCUT2D eigenvalue weighted by molar-refractivity contribution is -0.161. The van der Waals surface area contributed by atoms with Gasteiger partial charge in [-0.25, -0.2) is 9.13 Å². The lowest BCUT2D eigenvalue weighted by atomic mass is 10.1. The second-order valence-corrected chi connectivity index (χ2v) is 29.1. The fraction of sp³-hybridized carbons (Fsp3) is 0.632. The average Bonchev–Trinajstić information content (AvgIpc) is 0.909. The highest BCUT2D eigenvalue weighted by Crippen LogP contribution is 2.45. The monoisotopic (exact) mass is 1520 g/mol. The van der Waals surface area contributed by atoms with Crippen molar-refractivity contribution in [1.82, 2.24) is 0 Å². The van der Waals surface area contributed by atoms with E-state index in [4.69, 9.17) is 37.0 Å². The average molecular weight is 1520 g/mol. The molecule has 106 heavy (non-hydrogen) atoms. The normalized spacial score (nSPS) is 14.7. The van der Waals surface area contributed by atoms with Gasteiger partial charge >= 0.3 is 39.5 Å². The molecule has 17 nitrogen and oxygen atoms in total. The largest absolute Gasteiger partial charge is 0.472 e. The minimum absolute atomic E-state index is 0.0602. The van der Waals surface area contributed by atoms with Crippen LogP contribution in [0.5, 0.6) is 0 Å². The summed E-state index contributed by atoms with van der Waals surface area (Å²) in [5.74, 6) is -2.32. The summed E-state index contributed by atoms with van der Waals surface area (Å²) in [5, 5.41) is 10.6. The van der Waals surface area contributed by atoms with E-state index in [1.807, 2.05) is 12.2 Å². The van der Waals surface area contributed by atoms with Gasteiger partial charge in [-0.15, -0.1) is 0 Å². The minimum atomic E-state index is -5.00. The predicted molar refractivity (Wildman–Crippen MR) is 436 cm³/mol. The Hall–Kier alpha value is -5.58. The maximum Gasteiger partial charge on any atom is 0.472 e. The molecule has 0 fully saturated rings. The summed E-state index contributed by atoms with van der Waals surface area (Å²) >= 11 is 0. The topological polar surface area (TPSA) is 237 Å². The number of carbonyl (C=O) groups excluding carboxylic acids is 4. The van der Waals surface area contributed by atoms with Gasteiger partial charge in [0, 0.05) is 25.7 Å². The first kappa shape index (κ1) is 100. The van der Waals surface area contributed by atoms with Crippen molar-refractivity contribution in [3.63, 3.8) is 0 Å². The maximum atomic E-state index is 13.1. The summed E-state index contributed by atoms with van der Waals surface area (Å²) in [5.41, 5.74) is 0. The van der Waals surface area contributed by atoms with Gasteiger partial charge in [-0.05, 0) is 173 Å². The van der Waals surface area contributed by atoms with Gasteiger partial charge in [0.2, 0.25) is 0 Å². The van der Waals surface area contributed by atoms with Crippen LogP contribution in [0.4, 0.5) is 0 Å². The van der Waals surface area contributed by atoms with Crippen LogP contribution < -0.4 is 0 Å². The van der Waals surface area contributed by atoms with Crippen molar-refractivity contribution in [3.05, 3.63) is 170 Å². The smallest absolute Gasteiger partial charge is 0.462 e. The van der Waals surface area contributed by atoms with E-state index >= 15 is 0 Å². The van der Waals surface area contributed by atoms with Crippen molar-refractivity contribution in [2.24, 2.45) is 0 Å². The van der Waals surface area contributed by atoms with Gasteiger partial charge in [0.15, 0.2) is 12.2 Å². The molecule has 0 bridgehead atoms. The second-order valence-electron chi connectivity index (χ2n) is 26.2. The molecular formula is C87H142O17P2. The van der Waals surface area contributed by atoms with Crippen LogP contribution in [0.25, 0.3) is 0 Å². The predicted octanol–water partition coefficient (Wildman–Crippen LogP) is 23.8.